The molecule has 1 aliphatic carbocycles. The van der Waals surface area contributed by atoms with Gasteiger partial charge in [0.25, 0.3) is 0 Å². The van der Waals surface area contributed by atoms with Crippen LogP contribution in [0.25, 0.3) is 0 Å². The second-order valence-corrected chi connectivity index (χ2v) is 11.5. The summed E-state index contributed by atoms with van der Waals surface area (Å²) in [4.78, 5) is 29.7. The average molecular weight is 606 g/mol. The molecule has 2 aliphatic rings. The van der Waals surface area contributed by atoms with Crippen molar-refractivity contribution in [3.05, 3.63) is 65.3 Å². The molecule has 4 N–H and O–H groups in total. The number of aromatic nitrogens is 2. The number of alkyl carbamates (subject to hydrolysis) is 1. The van der Waals surface area contributed by atoms with Gasteiger partial charge in [0.2, 0.25) is 5.91 Å². The van der Waals surface area contributed by atoms with Gasteiger partial charge in [-0.25, -0.2) is 9.78 Å². The Hall–Kier alpha value is -3.63. The number of ether oxygens (including phenoxy) is 1. The number of allylic oxidation sites excluding steroid dienone is 2. The van der Waals surface area contributed by atoms with Crippen LogP contribution in [0.4, 0.5) is 18.0 Å². The van der Waals surface area contributed by atoms with Gasteiger partial charge in [-0.3, -0.25) is 4.79 Å². The molecule has 1 saturated carbocycles. The number of imidazole rings is 1. The van der Waals surface area contributed by atoms with E-state index in [9.17, 15) is 22.8 Å². The van der Waals surface area contributed by atoms with Crippen LogP contribution in [0.2, 0.25) is 0 Å². The smallest absolute Gasteiger partial charge is 0.408 e. The number of nitrogens with zero attached hydrogens (tertiary/aromatic N) is 1. The lowest BCUT2D eigenvalue weighted by Gasteiger charge is -2.23. The van der Waals surface area contributed by atoms with E-state index >= 15 is 0 Å². The molecule has 2 amide bonds. The summed E-state index contributed by atoms with van der Waals surface area (Å²) in [6.07, 6.45) is 1.77. The number of H-pyrrole nitrogens is 1. The Labute approximate surface area is 252 Å². The number of aryl methyl sites for hydroxylation is 1. The Morgan fingerprint density at radius 1 is 1.26 bits per heavy atom. The van der Waals surface area contributed by atoms with Gasteiger partial charge >= 0.3 is 12.3 Å². The highest BCUT2D eigenvalue weighted by Crippen LogP contribution is 2.61. The number of alkyl halides is 3. The summed E-state index contributed by atoms with van der Waals surface area (Å²) in [7, 11) is 0. The Kier molecular flexibility index (Phi) is 13.9. The van der Waals surface area contributed by atoms with Crippen LogP contribution < -0.4 is 10.6 Å². The van der Waals surface area contributed by atoms with Gasteiger partial charge in [-0.15, -0.1) is 0 Å². The fourth-order valence-corrected chi connectivity index (χ4v) is 4.40. The molecule has 0 bridgehead atoms. The van der Waals surface area contributed by atoms with E-state index in [4.69, 9.17) is 10.1 Å². The number of hydrogen-bond donors (Lipinski definition) is 4. The van der Waals surface area contributed by atoms with Crippen LogP contribution in [0.3, 0.4) is 0 Å². The van der Waals surface area contributed by atoms with Crippen LogP contribution in [-0.2, 0) is 16.1 Å². The van der Waals surface area contributed by atoms with E-state index in [-0.39, 0.29) is 38.2 Å². The fourth-order valence-electron chi connectivity index (χ4n) is 4.40. The maximum absolute atomic E-state index is 13.2. The highest BCUT2D eigenvalue weighted by atomic mass is 19.4. The first-order chi connectivity index (χ1) is 20.2. The third-order valence-corrected chi connectivity index (χ3v) is 7.50. The fraction of sp³-hybridized carbons (Fsp3) is 0.562. The van der Waals surface area contributed by atoms with Crippen molar-refractivity contribution in [1.82, 2.24) is 20.6 Å². The summed E-state index contributed by atoms with van der Waals surface area (Å²) in [6, 6.07) is 8.55. The van der Waals surface area contributed by atoms with Crippen molar-refractivity contribution in [2.75, 3.05) is 6.54 Å². The number of nitrogens with one attached hydrogen (secondary N) is 4. The van der Waals surface area contributed by atoms with Gasteiger partial charge < -0.3 is 25.8 Å². The first-order valence-corrected chi connectivity index (χ1v) is 14.8. The lowest BCUT2D eigenvalue weighted by molar-refractivity contribution is -0.189. The summed E-state index contributed by atoms with van der Waals surface area (Å²) in [6.45, 7) is 10.8. The van der Waals surface area contributed by atoms with Crippen molar-refractivity contribution in [2.24, 2.45) is 11.3 Å². The van der Waals surface area contributed by atoms with Crippen LogP contribution >= 0.6 is 0 Å². The van der Waals surface area contributed by atoms with Crippen molar-refractivity contribution >= 4 is 17.7 Å². The Bertz CT molecular complexity index is 1200. The number of rotatable bonds is 9. The molecular formula is C32H46F3N5O3. The molecule has 1 aromatic carbocycles. The number of aromatic amines is 1. The minimum absolute atomic E-state index is 0.0435. The minimum atomic E-state index is -4.21. The molecule has 2 atom stereocenters. The van der Waals surface area contributed by atoms with Crippen molar-refractivity contribution in [3.8, 4) is 0 Å². The van der Waals surface area contributed by atoms with Crippen LogP contribution in [0.5, 0.6) is 0 Å². The van der Waals surface area contributed by atoms with Crippen LogP contribution in [0, 0.1) is 23.7 Å². The van der Waals surface area contributed by atoms with Crippen LogP contribution in [-0.4, -0.2) is 40.4 Å². The van der Waals surface area contributed by atoms with Gasteiger partial charge in [-0.2, -0.15) is 13.2 Å². The molecule has 1 saturated heterocycles. The summed E-state index contributed by atoms with van der Waals surface area (Å²) in [5.41, 5.74) is 1.70. The molecule has 0 radical (unpaired) electrons. The molecule has 2 heterocycles. The van der Waals surface area contributed by atoms with Crippen molar-refractivity contribution in [1.29, 1.82) is 5.41 Å². The van der Waals surface area contributed by atoms with Gasteiger partial charge in [0, 0.05) is 18.7 Å². The number of carbonyl (C=O) groups is 2. The summed E-state index contributed by atoms with van der Waals surface area (Å²) < 4.78 is 44.8. The number of halogens is 3. The number of hydrogen-bond acceptors (Lipinski definition) is 5. The first-order valence-electron chi connectivity index (χ1n) is 14.8. The van der Waals surface area contributed by atoms with E-state index in [2.05, 4.69) is 34.4 Å². The quantitative estimate of drug-likeness (QED) is 0.219. The van der Waals surface area contributed by atoms with Crippen LogP contribution in [0.1, 0.15) is 95.8 Å². The lowest BCUT2D eigenvalue weighted by atomic mass is 9.95. The highest BCUT2D eigenvalue weighted by molar-refractivity contribution is 5.90. The van der Waals surface area contributed by atoms with E-state index in [1.165, 1.54) is 11.8 Å². The molecule has 11 heteroatoms. The van der Waals surface area contributed by atoms with Gasteiger partial charge in [0.05, 0.1) is 23.3 Å². The van der Waals surface area contributed by atoms with Crippen LogP contribution in [0.15, 0.2) is 48.2 Å². The molecule has 8 nitrogen and oxygen atoms in total. The Morgan fingerprint density at radius 2 is 1.93 bits per heavy atom. The Morgan fingerprint density at radius 3 is 2.37 bits per heavy atom. The standard InChI is InChI=1S/C19H22F3N3O2.C7H13N.C6H11NO/c1-13-23-11-16(24-13)15(7-8-18(9-10-18)19(20,21)22)25-17(26)27-12-14-5-3-2-4-6-14;1-4-6(2)5-7(3)8;1-5-2-3-6(8)7-4-5/h2-6,11,15H,7-10,12H2,1H3,(H,23,24)(H,25,26);5,8H,4H2,1-3H3;5H,2-4H2,1H3,(H,7,8)/t15-;;/m0../s1. The van der Waals surface area contributed by atoms with Crippen molar-refractivity contribution in [3.63, 3.8) is 0 Å². The maximum Gasteiger partial charge on any atom is 0.408 e. The lowest BCUT2D eigenvalue weighted by Crippen LogP contribution is -2.33. The largest absolute Gasteiger partial charge is 0.445 e. The van der Waals surface area contributed by atoms with Gasteiger partial charge in [-0.05, 0) is 76.9 Å². The second-order valence-electron chi connectivity index (χ2n) is 11.5. The van der Waals surface area contributed by atoms with E-state index in [1.807, 2.05) is 43.3 Å². The summed E-state index contributed by atoms with van der Waals surface area (Å²) >= 11 is 0. The molecule has 4 rings (SSSR count). The third-order valence-electron chi connectivity index (χ3n) is 7.50. The number of carbonyl (C=O) groups excluding carboxylic acids is 2. The zero-order valence-electron chi connectivity index (χ0n) is 25.9. The van der Waals surface area contributed by atoms with Gasteiger partial charge in [-0.1, -0.05) is 49.8 Å². The molecule has 238 valence electrons. The zero-order chi connectivity index (χ0) is 32.0. The van der Waals surface area contributed by atoms with E-state index in [0.29, 0.717) is 23.1 Å². The third kappa shape index (κ3) is 13.0. The van der Waals surface area contributed by atoms with E-state index in [0.717, 1.165) is 31.4 Å². The topological polar surface area (TPSA) is 120 Å². The first kappa shape index (κ1) is 35.6. The van der Waals surface area contributed by atoms with E-state index in [1.54, 1.807) is 13.8 Å². The number of amides is 2. The SMILES string of the molecule is CC1CCC(=O)NC1.CCC(C)=CC(C)=N.Cc1ncc([C@H](CCC2(C(F)(F)F)CC2)NC(=O)OCc2ccccc2)[nH]1. The molecule has 1 aliphatic heterocycles. The second kappa shape index (κ2) is 16.9. The monoisotopic (exact) mass is 605 g/mol. The van der Waals surface area contributed by atoms with E-state index < -0.39 is 23.7 Å². The molecular weight excluding hydrogens is 559 g/mol. The van der Waals surface area contributed by atoms with Crippen molar-refractivity contribution in [2.45, 2.75) is 98.4 Å². The number of piperidine rings is 1. The molecule has 1 aromatic heterocycles. The summed E-state index contributed by atoms with van der Waals surface area (Å²) in [5.74, 6) is 1.53. The number of benzene rings is 1. The average Bonchev–Trinajstić information content (AvgIpc) is 3.65. The van der Waals surface area contributed by atoms with Gasteiger partial charge in [0.1, 0.15) is 12.4 Å². The molecule has 2 aromatic rings. The summed E-state index contributed by atoms with van der Waals surface area (Å²) in [5, 5.41) is 12.5. The molecule has 2 fully saturated rings. The zero-order valence-corrected chi connectivity index (χ0v) is 25.9. The predicted molar refractivity (Wildman–Crippen MR) is 162 cm³/mol. The van der Waals surface area contributed by atoms with Gasteiger partial charge in [0.15, 0.2) is 0 Å². The normalized spacial score (nSPS) is 18.1. The predicted octanol–water partition coefficient (Wildman–Crippen LogP) is 7.72. The minimum Gasteiger partial charge on any atom is -0.445 e. The highest BCUT2D eigenvalue weighted by Gasteiger charge is 2.62. The molecule has 1 unspecified atom stereocenters. The maximum atomic E-state index is 13.2. The molecule has 43 heavy (non-hydrogen) atoms. The molecule has 0 spiro atoms. The van der Waals surface area contributed by atoms with Crippen molar-refractivity contribution < 1.29 is 27.5 Å². The Balaban J connectivity index is 0.000000329.